The predicted molar refractivity (Wildman–Crippen MR) is 75.6 cm³/mol. The van der Waals surface area contributed by atoms with Gasteiger partial charge in [-0.15, -0.1) is 0 Å². The molecule has 1 aliphatic rings. The summed E-state index contributed by atoms with van der Waals surface area (Å²) in [5, 5.41) is 4.83. The average Bonchev–Trinajstić information content (AvgIpc) is 2.39. The highest BCUT2D eigenvalue weighted by molar-refractivity contribution is 5.91. The van der Waals surface area contributed by atoms with Crippen LogP contribution < -0.4 is 11.1 Å². The fraction of sp³-hybridized carbons (Fsp3) is 0.400. The molecule has 0 saturated heterocycles. The third-order valence-electron chi connectivity index (χ3n) is 3.72. The number of nitrogens with two attached hydrogens (primary N) is 1. The second kappa shape index (κ2) is 4.94. The zero-order valence-electron chi connectivity index (χ0n) is 10.5. The van der Waals surface area contributed by atoms with E-state index in [2.05, 4.69) is 28.5 Å². The quantitative estimate of drug-likeness (QED) is 0.850. The number of pyridine rings is 1. The molecule has 0 aliphatic heterocycles. The number of hydrogen-bond acceptors (Lipinski definition) is 3. The molecular formula is C15H19N3. The van der Waals surface area contributed by atoms with Crippen molar-refractivity contribution in [2.75, 3.05) is 5.32 Å². The third kappa shape index (κ3) is 2.31. The van der Waals surface area contributed by atoms with Crippen molar-refractivity contribution in [3.63, 3.8) is 0 Å². The fourth-order valence-electron chi connectivity index (χ4n) is 2.81. The summed E-state index contributed by atoms with van der Waals surface area (Å²) in [6, 6.07) is 11.2. The summed E-state index contributed by atoms with van der Waals surface area (Å²) >= 11 is 0. The monoisotopic (exact) mass is 241 g/mol. The van der Waals surface area contributed by atoms with Crippen molar-refractivity contribution in [2.45, 2.75) is 37.8 Å². The Morgan fingerprint density at radius 3 is 3.00 bits per heavy atom. The molecular weight excluding hydrogens is 222 g/mol. The van der Waals surface area contributed by atoms with Crippen LogP contribution in [0, 0.1) is 0 Å². The Labute approximate surface area is 107 Å². The molecule has 1 fully saturated rings. The van der Waals surface area contributed by atoms with Gasteiger partial charge in [0.1, 0.15) is 0 Å². The van der Waals surface area contributed by atoms with Gasteiger partial charge in [0.2, 0.25) is 0 Å². The van der Waals surface area contributed by atoms with Crippen LogP contribution in [0.1, 0.15) is 25.7 Å². The van der Waals surface area contributed by atoms with Crippen molar-refractivity contribution in [1.29, 1.82) is 0 Å². The number of nitrogens with one attached hydrogen (secondary N) is 1. The standard InChI is InChI=1S/C15H19N3/c16-11-4-1-5-12(10-11)18-15-8-2-7-14-13(15)6-3-9-17-14/h2-3,6-9,11-12,18H,1,4-5,10,16H2. The topological polar surface area (TPSA) is 50.9 Å². The largest absolute Gasteiger partial charge is 0.382 e. The Bertz CT molecular complexity index is 533. The summed E-state index contributed by atoms with van der Waals surface area (Å²) in [7, 11) is 0. The normalized spacial score (nSPS) is 24.1. The van der Waals surface area contributed by atoms with Crippen molar-refractivity contribution in [2.24, 2.45) is 5.73 Å². The predicted octanol–water partition coefficient (Wildman–Crippen LogP) is 2.92. The summed E-state index contributed by atoms with van der Waals surface area (Å²) in [6.07, 6.45) is 6.50. The molecule has 1 aromatic heterocycles. The van der Waals surface area contributed by atoms with Crippen molar-refractivity contribution >= 4 is 16.6 Å². The molecule has 2 aromatic rings. The second-order valence-corrected chi connectivity index (χ2v) is 5.14. The lowest BCUT2D eigenvalue weighted by atomic mass is 9.91. The molecule has 2 atom stereocenters. The van der Waals surface area contributed by atoms with Crippen LogP contribution in [-0.4, -0.2) is 17.1 Å². The molecule has 3 heteroatoms. The first-order valence-corrected chi connectivity index (χ1v) is 6.69. The number of fused-ring (bicyclic) bond motifs is 1. The first-order valence-electron chi connectivity index (χ1n) is 6.69. The van der Waals surface area contributed by atoms with Crippen LogP contribution in [0.15, 0.2) is 36.5 Å². The van der Waals surface area contributed by atoms with E-state index in [0.717, 1.165) is 18.4 Å². The maximum atomic E-state index is 6.04. The maximum Gasteiger partial charge on any atom is 0.0722 e. The summed E-state index contributed by atoms with van der Waals surface area (Å²) in [6.45, 7) is 0. The lowest BCUT2D eigenvalue weighted by Gasteiger charge is -2.28. The van der Waals surface area contributed by atoms with Gasteiger partial charge in [-0.3, -0.25) is 4.98 Å². The molecule has 0 bridgehead atoms. The van der Waals surface area contributed by atoms with Gasteiger partial charge in [0, 0.05) is 29.4 Å². The summed E-state index contributed by atoms with van der Waals surface area (Å²) in [5.74, 6) is 0. The summed E-state index contributed by atoms with van der Waals surface area (Å²) in [5.41, 5.74) is 8.26. The Hall–Kier alpha value is -1.61. The molecule has 18 heavy (non-hydrogen) atoms. The molecule has 0 radical (unpaired) electrons. The van der Waals surface area contributed by atoms with E-state index in [0.29, 0.717) is 12.1 Å². The van der Waals surface area contributed by atoms with Crippen LogP contribution in [-0.2, 0) is 0 Å². The third-order valence-corrected chi connectivity index (χ3v) is 3.72. The molecule has 1 heterocycles. The highest BCUT2D eigenvalue weighted by Crippen LogP contribution is 2.26. The minimum absolute atomic E-state index is 0.351. The number of anilines is 1. The molecule has 1 aromatic carbocycles. The molecule has 3 rings (SSSR count). The van der Waals surface area contributed by atoms with E-state index < -0.39 is 0 Å². The van der Waals surface area contributed by atoms with Crippen LogP contribution in [0.2, 0.25) is 0 Å². The minimum atomic E-state index is 0.351. The highest BCUT2D eigenvalue weighted by Gasteiger charge is 2.19. The van der Waals surface area contributed by atoms with Gasteiger partial charge in [-0.1, -0.05) is 6.07 Å². The van der Waals surface area contributed by atoms with Gasteiger partial charge in [-0.05, 0) is 49.9 Å². The van der Waals surface area contributed by atoms with Gasteiger partial charge < -0.3 is 11.1 Å². The smallest absolute Gasteiger partial charge is 0.0722 e. The van der Waals surface area contributed by atoms with E-state index in [-0.39, 0.29) is 0 Å². The SMILES string of the molecule is NC1CCCC(Nc2cccc3ncccc23)C1. The van der Waals surface area contributed by atoms with Crippen molar-refractivity contribution < 1.29 is 0 Å². The van der Waals surface area contributed by atoms with E-state index in [1.807, 2.05) is 18.3 Å². The van der Waals surface area contributed by atoms with Crippen LogP contribution >= 0.6 is 0 Å². The van der Waals surface area contributed by atoms with Crippen molar-refractivity contribution in [3.8, 4) is 0 Å². The fourth-order valence-corrected chi connectivity index (χ4v) is 2.81. The van der Waals surface area contributed by atoms with Crippen molar-refractivity contribution in [1.82, 2.24) is 4.98 Å². The van der Waals surface area contributed by atoms with Gasteiger partial charge in [-0.2, -0.15) is 0 Å². The second-order valence-electron chi connectivity index (χ2n) is 5.14. The van der Waals surface area contributed by atoms with Gasteiger partial charge in [0.05, 0.1) is 5.52 Å². The molecule has 1 aliphatic carbocycles. The lowest BCUT2D eigenvalue weighted by Crippen LogP contribution is -2.34. The van der Waals surface area contributed by atoms with Gasteiger partial charge in [0.15, 0.2) is 0 Å². The Balaban J connectivity index is 1.86. The summed E-state index contributed by atoms with van der Waals surface area (Å²) in [4.78, 5) is 4.39. The van der Waals surface area contributed by atoms with E-state index >= 15 is 0 Å². The van der Waals surface area contributed by atoms with E-state index in [4.69, 9.17) is 5.73 Å². The van der Waals surface area contributed by atoms with Gasteiger partial charge in [-0.25, -0.2) is 0 Å². The molecule has 3 N–H and O–H groups in total. The number of aromatic nitrogens is 1. The Morgan fingerprint density at radius 1 is 1.17 bits per heavy atom. The lowest BCUT2D eigenvalue weighted by molar-refractivity contribution is 0.410. The average molecular weight is 241 g/mol. The number of benzene rings is 1. The molecule has 0 amide bonds. The van der Waals surface area contributed by atoms with Crippen LogP contribution in [0.4, 0.5) is 5.69 Å². The Morgan fingerprint density at radius 2 is 2.11 bits per heavy atom. The van der Waals surface area contributed by atoms with Crippen LogP contribution in [0.5, 0.6) is 0 Å². The molecule has 94 valence electrons. The number of rotatable bonds is 2. The molecule has 2 unspecified atom stereocenters. The van der Waals surface area contributed by atoms with Crippen LogP contribution in [0.25, 0.3) is 10.9 Å². The maximum absolute atomic E-state index is 6.04. The van der Waals surface area contributed by atoms with E-state index in [1.54, 1.807) is 0 Å². The Kier molecular flexibility index (Phi) is 3.15. The zero-order chi connectivity index (χ0) is 12.4. The van der Waals surface area contributed by atoms with Gasteiger partial charge in [0.25, 0.3) is 0 Å². The number of hydrogen-bond donors (Lipinski definition) is 2. The van der Waals surface area contributed by atoms with Crippen molar-refractivity contribution in [3.05, 3.63) is 36.5 Å². The highest BCUT2D eigenvalue weighted by atomic mass is 14.9. The molecule has 3 nitrogen and oxygen atoms in total. The molecule has 0 spiro atoms. The van der Waals surface area contributed by atoms with Gasteiger partial charge >= 0.3 is 0 Å². The first-order chi connectivity index (χ1) is 8.83. The summed E-state index contributed by atoms with van der Waals surface area (Å²) < 4.78 is 0. The molecule has 1 saturated carbocycles. The van der Waals surface area contributed by atoms with E-state index in [9.17, 15) is 0 Å². The zero-order valence-corrected chi connectivity index (χ0v) is 10.5. The van der Waals surface area contributed by atoms with Crippen LogP contribution in [0.3, 0.4) is 0 Å². The number of nitrogens with zero attached hydrogens (tertiary/aromatic N) is 1. The minimum Gasteiger partial charge on any atom is -0.382 e. The first kappa shape index (κ1) is 11.5. The van der Waals surface area contributed by atoms with E-state index in [1.165, 1.54) is 23.9 Å².